The molecule has 2 rings (SSSR count). The average Bonchev–Trinajstić information content (AvgIpc) is 3.08. The first kappa shape index (κ1) is 23.1. The van der Waals surface area contributed by atoms with Gasteiger partial charge in [0.1, 0.15) is 0 Å². The molecule has 0 spiro atoms. The number of hydrogen-bond donors (Lipinski definition) is 0. The Bertz CT molecular complexity index is 475. The molecule has 0 saturated heterocycles. The second kappa shape index (κ2) is 9.53. The fourth-order valence-corrected chi connectivity index (χ4v) is 5.81. The van der Waals surface area contributed by atoms with E-state index in [9.17, 15) is 0 Å². The molecule has 0 heterocycles. The molecule has 2 aromatic rings. The third kappa shape index (κ3) is 7.23. The van der Waals surface area contributed by atoms with Crippen molar-refractivity contribution >= 4 is 26.5 Å². The van der Waals surface area contributed by atoms with E-state index < -0.39 is 0 Å². The van der Waals surface area contributed by atoms with Gasteiger partial charge in [-0.25, -0.2) is 12.1 Å². The van der Waals surface area contributed by atoms with E-state index in [1.807, 2.05) is 30.3 Å². The van der Waals surface area contributed by atoms with E-state index in [1.165, 1.54) is 0 Å². The molecule has 0 N–H and O–H groups in total. The minimum absolute atomic E-state index is 0. The molecule has 2 unspecified atom stereocenters. The zero-order valence-corrected chi connectivity index (χ0v) is 18.8. The van der Waals surface area contributed by atoms with Gasteiger partial charge in [-0.3, -0.25) is 0 Å². The van der Waals surface area contributed by atoms with Crippen LogP contribution < -0.4 is 10.6 Å². The second-order valence-electron chi connectivity index (χ2n) is 7.72. The first-order valence-corrected chi connectivity index (χ1v) is 11.5. The average molecular weight is 390 g/mol. The van der Waals surface area contributed by atoms with Gasteiger partial charge in [-0.05, 0) is 17.0 Å². The SMILES string of the molecule is CP(c1ccc[c-]1P(C)C(C)(C)C)C(C)(C)C.[Fe].[cH-]1[cH-][cH-][cH-][cH-]1. The molecule has 23 heavy (non-hydrogen) atoms. The van der Waals surface area contributed by atoms with Gasteiger partial charge in [-0.2, -0.15) is 6.07 Å². The summed E-state index contributed by atoms with van der Waals surface area (Å²) >= 11 is 0. The van der Waals surface area contributed by atoms with E-state index in [0.29, 0.717) is 10.3 Å². The van der Waals surface area contributed by atoms with Crippen molar-refractivity contribution in [1.29, 1.82) is 0 Å². The van der Waals surface area contributed by atoms with Gasteiger partial charge in [0.2, 0.25) is 0 Å². The van der Waals surface area contributed by atoms with Crippen molar-refractivity contribution in [2.45, 2.75) is 51.9 Å². The third-order valence-electron chi connectivity index (χ3n) is 4.06. The predicted molar refractivity (Wildman–Crippen MR) is 109 cm³/mol. The molecule has 0 bridgehead atoms. The summed E-state index contributed by atoms with van der Waals surface area (Å²) in [4.78, 5) is 0. The maximum atomic E-state index is 2.43. The van der Waals surface area contributed by atoms with Crippen LogP contribution in [0.1, 0.15) is 41.5 Å². The molecule has 0 fully saturated rings. The normalized spacial score (nSPS) is 14.3. The second-order valence-corrected chi connectivity index (χ2v) is 13.6. The van der Waals surface area contributed by atoms with Crippen LogP contribution in [0.15, 0.2) is 48.5 Å². The third-order valence-corrected chi connectivity index (χ3v) is 10.5. The maximum Gasteiger partial charge on any atom is 0 e. The maximum absolute atomic E-state index is 2.43. The van der Waals surface area contributed by atoms with E-state index in [0.717, 1.165) is 0 Å². The van der Waals surface area contributed by atoms with Crippen LogP contribution in [0.5, 0.6) is 0 Å². The summed E-state index contributed by atoms with van der Waals surface area (Å²) in [5.41, 5.74) is 0. The summed E-state index contributed by atoms with van der Waals surface area (Å²) in [6.45, 7) is 19.1. The molecule has 0 aliphatic heterocycles. The largest absolute Gasteiger partial charge is 0.748 e. The molecule has 0 amide bonds. The summed E-state index contributed by atoms with van der Waals surface area (Å²) in [5.74, 6) is 0. The molecule has 0 aliphatic rings. The van der Waals surface area contributed by atoms with Gasteiger partial charge in [-0.1, -0.05) is 56.1 Å². The van der Waals surface area contributed by atoms with Gasteiger partial charge < -0.3 is 30.3 Å². The van der Waals surface area contributed by atoms with E-state index >= 15 is 0 Å². The van der Waals surface area contributed by atoms with Gasteiger partial charge in [0.25, 0.3) is 0 Å². The first-order chi connectivity index (χ1) is 10.0. The molecule has 0 aromatic heterocycles. The molecular weight excluding hydrogens is 358 g/mol. The Morgan fingerprint density at radius 3 is 1.61 bits per heavy atom. The quantitative estimate of drug-likeness (QED) is 0.341. The summed E-state index contributed by atoms with van der Waals surface area (Å²) in [6.07, 6.45) is 0. The molecule has 0 saturated carbocycles. The zero-order chi connectivity index (χ0) is 17.0. The summed E-state index contributed by atoms with van der Waals surface area (Å²) in [5, 5.41) is 4.09. The molecular formula is C20H32FeP2-6. The van der Waals surface area contributed by atoms with Crippen LogP contribution in [-0.2, 0) is 17.1 Å². The Morgan fingerprint density at radius 2 is 1.26 bits per heavy atom. The van der Waals surface area contributed by atoms with Crippen LogP contribution in [0, 0.1) is 0 Å². The van der Waals surface area contributed by atoms with Gasteiger partial charge in [0, 0.05) is 17.1 Å². The molecule has 136 valence electrons. The van der Waals surface area contributed by atoms with Crippen molar-refractivity contribution in [3.05, 3.63) is 48.5 Å². The first-order valence-electron chi connectivity index (χ1n) is 7.95. The van der Waals surface area contributed by atoms with Crippen LogP contribution in [-0.4, -0.2) is 23.6 Å². The Kier molecular flexibility index (Phi) is 9.57. The standard InChI is InChI=1S/C15H27P2.C5H5.Fe/c1-14(2,3)16(7)12-10-9-11-13(12)17(8)15(4,5)6;1-2-4-5-3-1;/h9-11H,1-8H3;1-5H;/q-1;-5;. The number of hydrogen-bond acceptors (Lipinski definition) is 0. The van der Waals surface area contributed by atoms with Crippen molar-refractivity contribution in [3.8, 4) is 0 Å². The number of rotatable bonds is 2. The molecule has 0 nitrogen and oxygen atoms in total. The molecule has 2 atom stereocenters. The minimum Gasteiger partial charge on any atom is -0.748 e. The molecule has 2 aromatic carbocycles. The Labute approximate surface area is 157 Å². The van der Waals surface area contributed by atoms with Crippen molar-refractivity contribution in [1.82, 2.24) is 0 Å². The van der Waals surface area contributed by atoms with Crippen LogP contribution in [0.25, 0.3) is 0 Å². The fraction of sp³-hybridized carbons (Fsp3) is 0.500. The minimum atomic E-state index is -0.0639. The van der Waals surface area contributed by atoms with E-state index in [4.69, 9.17) is 0 Å². The van der Waals surface area contributed by atoms with Gasteiger partial charge >= 0.3 is 0 Å². The van der Waals surface area contributed by atoms with Gasteiger partial charge in [0.05, 0.1) is 0 Å². The van der Waals surface area contributed by atoms with Gasteiger partial charge in [-0.15, -0.1) is 18.5 Å². The summed E-state index contributed by atoms with van der Waals surface area (Å²) in [7, 11) is -0.128. The van der Waals surface area contributed by atoms with E-state index in [2.05, 4.69) is 73.1 Å². The van der Waals surface area contributed by atoms with E-state index in [-0.39, 0.29) is 32.9 Å². The Morgan fingerprint density at radius 1 is 0.826 bits per heavy atom. The Hall–Kier alpha value is 0.0795. The predicted octanol–water partition coefficient (Wildman–Crippen LogP) is 5.88. The Balaban J connectivity index is 0.000000684. The monoisotopic (exact) mass is 390 g/mol. The smallest absolute Gasteiger partial charge is 0 e. The fourth-order valence-electron chi connectivity index (χ4n) is 2.01. The van der Waals surface area contributed by atoms with Crippen molar-refractivity contribution < 1.29 is 17.1 Å². The van der Waals surface area contributed by atoms with Crippen LogP contribution >= 0.6 is 15.8 Å². The van der Waals surface area contributed by atoms with Gasteiger partial charge in [0.15, 0.2) is 0 Å². The van der Waals surface area contributed by atoms with E-state index in [1.54, 1.807) is 10.6 Å². The topological polar surface area (TPSA) is 0 Å². The summed E-state index contributed by atoms with van der Waals surface area (Å²) < 4.78 is 0. The van der Waals surface area contributed by atoms with Crippen molar-refractivity contribution in [2.75, 3.05) is 13.3 Å². The molecule has 0 radical (unpaired) electrons. The van der Waals surface area contributed by atoms with Crippen molar-refractivity contribution in [3.63, 3.8) is 0 Å². The van der Waals surface area contributed by atoms with Crippen LogP contribution in [0.4, 0.5) is 0 Å². The molecule has 3 heteroatoms. The van der Waals surface area contributed by atoms with Crippen LogP contribution in [0.3, 0.4) is 0 Å². The van der Waals surface area contributed by atoms with Crippen LogP contribution in [0.2, 0.25) is 0 Å². The summed E-state index contributed by atoms with van der Waals surface area (Å²) in [6, 6.07) is 17.0. The van der Waals surface area contributed by atoms with Crippen molar-refractivity contribution in [2.24, 2.45) is 0 Å². The molecule has 0 aliphatic carbocycles. The zero-order valence-electron chi connectivity index (χ0n) is 15.9.